The molecule has 1 aromatic carbocycles. The summed E-state index contributed by atoms with van der Waals surface area (Å²) < 4.78 is 27.3. The Kier molecular flexibility index (Phi) is 3.48. The van der Waals surface area contributed by atoms with Crippen LogP contribution in [0.15, 0.2) is 29.2 Å². The smallest absolute Gasteiger partial charge is 0.207 e. The van der Waals surface area contributed by atoms with Crippen LogP contribution in [0, 0.1) is 6.92 Å². The first-order chi connectivity index (χ1) is 8.98. The summed E-state index contributed by atoms with van der Waals surface area (Å²) in [6, 6.07) is 7.54. The van der Waals surface area contributed by atoms with E-state index in [0.29, 0.717) is 9.72 Å². The second-order valence-corrected chi connectivity index (χ2v) is 8.74. The van der Waals surface area contributed by atoms with Crippen LogP contribution in [-0.2, 0) is 10.0 Å². The van der Waals surface area contributed by atoms with Gasteiger partial charge in [-0.25, -0.2) is 8.42 Å². The summed E-state index contributed by atoms with van der Waals surface area (Å²) >= 11 is 3.65. The highest BCUT2D eigenvalue weighted by Crippen LogP contribution is 2.41. The van der Waals surface area contributed by atoms with Gasteiger partial charge in [-0.05, 0) is 44.7 Å². The van der Waals surface area contributed by atoms with Crippen molar-refractivity contribution in [2.24, 2.45) is 0 Å². The maximum absolute atomic E-state index is 12.8. The monoisotopic (exact) mass is 343 g/mol. The van der Waals surface area contributed by atoms with Gasteiger partial charge in [-0.2, -0.15) is 4.31 Å². The van der Waals surface area contributed by atoms with E-state index < -0.39 is 10.0 Å². The van der Waals surface area contributed by atoms with Crippen LogP contribution in [0.2, 0.25) is 0 Å². The summed E-state index contributed by atoms with van der Waals surface area (Å²) in [7, 11) is -3.33. The van der Waals surface area contributed by atoms with Crippen molar-refractivity contribution in [3.05, 3.63) is 29.8 Å². The fourth-order valence-electron chi connectivity index (χ4n) is 3.29. The van der Waals surface area contributed by atoms with Gasteiger partial charge in [0.05, 0.1) is 4.90 Å². The van der Waals surface area contributed by atoms with Gasteiger partial charge in [-0.3, -0.25) is 0 Å². The Morgan fingerprint density at radius 2 is 1.63 bits per heavy atom. The summed E-state index contributed by atoms with van der Waals surface area (Å²) in [4.78, 5) is 0.900. The molecule has 0 saturated carbocycles. The lowest BCUT2D eigenvalue weighted by atomic mass is 10.1. The summed E-state index contributed by atoms with van der Waals surface area (Å²) in [5.74, 6) is 0. The van der Waals surface area contributed by atoms with E-state index >= 15 is 0 Å². The third kappa shape index (κ3) is 2.36. The molecule has 19 heavy (non-hydrogen) atoms. The molecular formula is C14H18BrNO2S. The maximum atomic E-state index is 12.8. The van der Waals surface area contributed by atoms with E-state index in [9.17, 15) is 8.42 Å². The normalized spacial score (nSPS) is 31.6. The van der Waals surface area contributed by atoms with E-state index in [0.717, 1.165) is 31.2 Å². The fourth-order valence-corrected chi connectivity index (χ4v) is 6.05. The summed E-state index contributed by atoms with van der Waals surface area (Å²) in [5.41, 5.74) is 1.08. The third-order valence-electron chi connectivity index (χ3n) is 4.20. The van der Waals surface area contributed by atoms with Crippen LogP contribution in [0.1, 0.15) is 31.2 Å². The Morgan fingerprint density at radius 3 is 2.16 bits per heavy atom. The van der Waals surface area contributed by atoms with Gasteiger partial charge in [0.15, 0.2) is 0 Å². The largest absolute Gasteiger partial charge is 0.243 e. The molecule has 2 bridgehead atoms. The van der Waals surface area contributed by atoms with Crippen LogP contribution in [0.3, 0.4) is 0 Å². The minimum absolute atomic E-state index is 0.175. The number of rotatable bonds is 2. The lowest BCUT2D eigenvalue weighted by molar-refractivity contribution is 0.255. The molecular weight excluding hydrogens is 326 g/mol. The molecule has 2 aliphatic heterocycles. The molecule has 1 aromatic rings. The van der Waals surface area contributed by atoms with Crippen molar-refractivity contribution in [3.63, 3.8) is 0 Å². The molecule has 2 saturated heterocycles. The number of fused-ring (bicyclic) bond motifs is 2. The number of alkyl halides is 1. The number of sulfonamides is 1. The Hall–Kier alpha value is -0.390. The standard InChI is InChI=1S/C14H18BrNO2S/c1-10-2-6-14(7-3-10)19(17,18)16-12-4-5-13(16)9-11(15)8-12/h2-3,6-7,11-13H,4-5,8-9H2,1H3. The molecule has 0 aliphatic carbocycles. The molecule has 5 heteroatoms. The Balaban J connectivity index is 1.95. The SMILES string of the molecule is Cc1ccc(S(=O)(=O)N2C3CCC2CC(Br)C3)cc1. The lowest BCUT2D eigenvalue weighted by Gasteiger charge is -2.36. The second kappa shape index (κ2) is 4.86. The lowest BCUT2D eigenvalue weighted by Crippen LogP contribution is -2.46. The molecule has 2 atom stereocenters. The Morgan fingerprint density at radius 1 is 1.11 bits per heavy atom. The molecule has 2 aliphatic rings. The first kappa shape index (κ1) is 13.6. The number of benzene rings is 1. The molecule has 0 spiro atoms. The first-order valence-corrected chi connectivity index (χ1v) is 9.08. The van der Waals surface area contributed by atoms with Crippen LogP contribution in [0.5, 0.6) is 0 Å². The van der Waals surface area contributed by atoms with Crippen molar-refractivity contribution >= 4 is 26.0 Å². The van der Waals surface area contributed by atoms with Gasteiger partial charge in [0.1, 0.15) is 0 Å². The van der Waals surface area contributed by atoms with Crippen LogP contribution in [0.25, 0.3) is 0 Å². The number of piperidine rings is 1. The molecule has 3 nitrogen and oxygen atoms in total. The molecule has 3 rings (SSSR count). The van der Waals surface area contributed by atoms with Crippen molar-refractivity contribution in [1.29, 1.82) is 0 Å². The molecule has 2 fully saturated rings. The van der Waals surface area contributed by atoms with Gasteiger partial charge in [0.2, 0.25) is 10.0 Å². The Labute approximate surface area is 123 Å². The van der Waals surface area contributed by atoms with Crippen LogP contribution in [0.4, 0.5) is 0 Å². The number of halogens is 1. The number of hydrogen-bond donors (Lipinski definition) is 0. The topological polar surface area (TPSA) is 37.4 Å². The van der Waals surface area contributed by atoms with Crippen molar-refractivity contribution in [3.8, 4) is 0 Å². The maximum Gasteiger partial charge on any atom is 0.243 e. The van der Waals surface area contributed by atoms with Gasteiger partial charge < -0.3 is 0 Å². The van der Waals surface area contributed by atoms with E-state index in [1.807, 2.05) is 19.1 Å². The van der Waals surface area contributed by atoms with Crippen molar-refractivity contribution in [2.45, 2.75) is 54.4 Å². The molecule has 0 N–H and O–H groups in total. The predicted octanol–water partition coefficient (Wildman–Crippen LogP) is 3.07. The molecule has 0 aromatic heterocycles. The van der Waals surface area contributed by atoms with Gasteiger partial charge in [-0.1, -0.05) is 33.6 Å². The zero-order valence-electron chi connectivity index (χ0n) is 10.9. The van der Waals surface area contributed by atoms with Crippen LogP contribution in [-0.4, -0.2) is 29.6 Å². The van der Waals surface area contributed by atoms with E-state index in [1.54, 1.807) is 16.4 Å². The average Bonchev–Trinajstić information content (AvgIpc) is 2.64. The highest BCUT2D eigenvalue weighted by molar-refractivity contribution is 9.09. The summed E-state index contributed by atoms with van der Waals surface area (Å²) in [5, 5.41) is 0. The summed E-state index contributed by atoms with van der Waals surface area (Å²) in [6.45, 7) is 1.97. The van der Waals surface area contributed by atoms with Gasteiger partial charge >= 0.3 is 0 Å². The van der Waals surface area contributed by atoms with Gasteiger partial charge in [0, 0.05) is 16.9 Å². The average molecular weight is 344 g/mol. The highest BCUT2D eigenvalue weighted by Gasteiger charge is 2.46. The van der Waals surface area contributed by atoms with Crippen molar-refractivity contribution in [2.75, 3.05) is 0 Å². The molecule has 104 valence electrons. The minimum atomic E-state index is -3.33. The minimum Gasteiger partial charge on any atom is -0.207 e. The van der Waals surface area contributed by atoms with E-state index in [4.69, 9.17) is 0 Å². The number of hydrogen-bond acceptors (Lipinski definition) is 2. The van der Waals surface area contributed by atoms with Gasteiger partial charge in [0.25, 0.3) is 0 Å². The Bertz CT molecular complexity index is 556. The number of nitrogens with zero attached hydrogens (tertiary/aromatic N) is 1. The van der Waals surface area contributed by atoms with E-state index in [-0.39, 0.29) is 12.1 Å². The molecule has 0 radical (unpaired) electrons. The second-order valence-electron chi connectivity index (χ2n) is 5.60. The molecule has 2 unspecified atom stereocenters. The summed E-state index contributed by atoms with van der Waals surface area (Å²) in [6.07, 6.45) is 3.86. The molecule has 2 heterocycles. The highest BCUT2D eigenvalue weighted by atomic mass is 79.9. The van der Waals surface area contributed by atoms with E-state index in [1.165, 1.54) is 0 Å². The molecule has 0 amide bonds. The van der Waals surface area contributed by atoms with E-state index in [2.05, 4.69) is 15.9 Å². The van der Waals surface area contributed by atoms with Crippen molar-refractivity contribution < 1.29 is 8.42 Å². The fraction of sp³-hybridized carbons (Fsp3) is 0.571. The van der Waals surface area contributed by atoms with Crippen LogP contribution >= 0.6 is 15.9 Å². The number of aryl methyl sites for hydroxylation is 1. The first-order valence-electron chi connectivity index (χ1n) is 6.73. The third-order valence-corrected chi connectivity index (χ3v) is 6.97. The zero-order valence-corrected chi connectivity index (χ0v) is 13.3. The van der Waals surface area contributed by atoms with Crippen LogP contribution < -0.4 is 0 Å². The van der Waals surface area contributed by atoms with Crippen molar-refractivity contribution in [1.82, 2.24) is 4.31 Å². The quantitative estimate of drug-likeness (QED) is 0.774. The van der Waals surface area contributed by atoms with Gasteiger partial charge in [-0.15, -0.1) is 0 Å². The predicted molar refractivity (Wildman–Crippen MR) is 79.0 cm³/mol. The zero-order chi connectivity index (χ0) is 13.6.